The van der Waals surface area contributed by atoms with E-state index < -0.39 is 0 Å². The monoisotopic (exact) mass is 338 g/mol. The van der Waals surface area contributed by atoms with Crippen molar-refractivity contribution in [2.75, 3.05) is 6.61 Å². The van der Waals surface area contributed by atoms with Crippen molar-refractivity contribution in [1.29, 1.82) is 0 Å². The second-order valence-electron chi connectivity index (χ2n) is 5.25. The summed E-state index contributed by atoms with van der Waals surface area (Å²) in [5, 5.41) is 1.17. The fraction of sp³-hybridized carbons (Fsp3) is 0.562. The van der Waals surface area contributed by atoms with Gasteiger partial charge in [0.15, 0.2) is 0 Å². The Kier molecular flexibility index (Phi) is 5.61. The van der Waals surface area contributed by atoms with Gasteiger partial charge >= 0.3 is 0 Å². The van der Waals surface area contributed by atoms with Crippen LogP contribution in [0.25, 0.3) is 11.0 Å². The minimum Gasteiger partial charge on any atom is -0.358 e. The fourth-order valence-electron chi connectivity index (χ4n) is 2.51. The Morgan fingerprint density at radius 1 is 1.35 bits per heavy atom. The van der Waals surface area contributed by atoms with E-state index in [9.17, 15) is 0 Å². The summed E-state index contributed by atoms with van der Waals surface area (Å²) < 4.78 is 9.10. The smallest absolute Gasteiger partial charge is 0.142 e. The predicted octanol–water partition coefficient (Wildman–Crippen LogP) is 5.22. The summed E-state index contributed by atoms with van der Waals surface area (Å²) in [7, 11) is 0. The highest BCUT2D eigenvalue weighted by Crippen LogP contribution is 2.29. The summed E-state index contributed by atoms with van der Waals surface area (Å²) in [4.78, 5) is 4.51. The standard InChI is InChI=1S/C13H15BrN2O.C3H8/c1-9-6-10-7-11(14)8-15-13(10)16(9)12-4-2-3-5-17-12;1-3-2/h6-8,12H,2-5H2,1H3;3H2,1-2H3. The first-order valence-corrected chi connectivity index (χ1v) is 8.21. The molecule has 0 radical (unpaired) electrons. The lowest BCUT2D eigenvalue weighted by Gasteiger charge is -2.25. The van der Waals surface area contributed by atoms with E-state index in [1.807, 2.05) is 6.20 Å². The number of hydrogen-bond donors (Lipinski definition) is 0. The van der Waals surface area contributed by atoms with Crippen LogP contribution in [-0.2, 0) is 4.74 Å². The van der Waals surface area contributed by atoms with Crippen molar-refractivity contribution >= 4 is 27.0 Å². The molecule has 1 unspecified atom stereocenters. The molecule has 3 nitrogen and oxygen atoms in total. The Labute approximate surface area is 129 Å². The van der Waals surface area contributed by atoms with Crippen LogP contribution < -0.4 is 0 Å². The first-order chi connectivity index (χ1) is 9.67. The van der Waals surface area contributed by atoms with E-state index in [2.05, 4.69) is 58.4 Å². The van der Waals surface area contributed by atoms with Gasteiger partial charge in [0, 0.05) is 28.4 Å². The van der Waals surface area contributed by atoms with Crippen molar-refractivity contribution in [3.8, 4) is 0 Å². The summed E-state index contributed by atoms with van der Waals surface area (Å²) >= 11 is 3.46. The van der Waals surface area contributed by atoms with Gasteiger partial charge < -0.3 is 9.30 Å². The van der Waals surface area contributed by atoms with E-state index in [-0.39, 0.29) is 6.23 Å². The summed E-state index contributed by atoms with van der Waals surface area (Å²) in [6, 6.07) is 4.28. The Hall–Kier alpha value is -0.870. The van der Waals surface area contributed by atoms with Crippen molar-refractivity contribution in [2.45, 2.75) is 52.7 Å². The summed E-state index contributed by atoms with van der Waals surface area (Å²) in [5.74, 6) is 0. The lowest BCUT2D eigenvalue weighted by Crippen LogP contribution is -2.19. The molecule has 0 N–H and O–H groups in total. The Balaban J connectivity index is 0.000000452. The van der Waals surface area contributed by atoms with Gasteiger partial charge in [-0.3, -0.25) is 0 Å². The molecule has 1 atom stereocenters. The molecular weight excluding hydrogens is 316 g/mol. The van der Waals surface area contributed by atoms with E-state index in [4.69, 9.17) is 4.74 Å². The molecule has 3 rings (SSSR count). The van der Waals surface area contributed by atoms with Crippen molar-refractivity contribution in [3.05, 3.63) is 28.5 Å². The van der Waals surface area contributed by atoms with E-state index in [1.165, 1.54) is 30.3 Å². The number of pyridine rings is 1. The zero-order valence-electron chi connectivity index (χ0n) is 12.5. The number of ether oxygens (including phenoxy) is 1. The molecule has 1 fully saturated rings. The third kappa shape index (κ3) is 3.41. The van der Waals surface area contributed by atoms with Crippen LogP contribution in [0.4, 0.5) is 0 Å². The zero-order valence-corrected chi connectivity index (χ0v) is 14.1. The first kappa shape index (κ1) is 15.5. The highest BCUT2D eigenvalue weighted by atomic mass is 79.9. The Bertz CT molecular complexity index is 559. The second-order valence-corrected chi connectivity index (χ2v) is 6.17. The maximum Gasteiger partial charge on any atom is 0.142 e. The molecule has 0 aliphatic carbocycles. The Morgan fingerprint density at radius 3 is 2.75 bits per heavy atom. The van der Waals surface area contributed by atoms with Crippen LogP contribution in [0.5, 0.6) is 0 Å². The lowest BCUT2D eigenvalue weighted by atomic mass is 10.2. The van der Waals surface area contributed by atoms with Gasteiger partial charge in [0.2, 0.25) is 0 Å². The quantitative estimate of drug-likeness (QED) is 0.712. The Morgan fingerprint density at radius 2 is 2.10 bits per heavy atom. The number of halogens is 1. The molecule has 3 heterocycles. The van der Waals surface area contributed by atoms with Gasteiger partial charge in [0.25, 0.3) is 0 Å². The molecule has 20 heavy (non-hydrogen) atoms. The predicted molar refractivity (Wildman–Crippen MR) is 87.0 cm³/mol. The summed E-state index contributed by atoms with van der Waals surface area (Å²) in [6.07, 6.45) is 6.76. The third-order valence-electron chi connectivity index (χ3n) is 3.28. The van der Waals surface area contributed by atoms with Gasteiger partial charge in [0.1, 0.15) is 11.9 Å². The molecule has 110 valence electrons. The molecule has 1 saturated heterocycles. The molecule has 0 bridgehead atoms. The minimum atomic E-state index is 0.162. The normalized spacial score (nSPS) is 18.7. The third-order valence-corrected chi connectivity index (χ3v) is 3.71. The lowest BCUT2D eigenvalue weighted by molar-refractivity contribution is -0.0305. The van der Waals surface area contributed by atoms with Crippen LogP contribution in [0.2, 0.25) is 0 Å². The highest BCUT2D eigenvalue weighted by molar-refractivity contribution is 9.10. The number of rotatable bonds is 1. The van der Waals surface area contributed by atoms with Crippen LogP contribution in [0, 0.1) is 6.92 Å². The minimum absolute atomic E-state index is 0.162. The first-order valence-electron chi connectivity index (χ1n) is 7.42. The van der Waals surface area contributed by atoms with Crippen LogP contribution >= 0.6 is 15.9 Å². The van der Waals surface area contributed by atoms with Gasteiger partial charge in [-0.2, -0.15) is 0 Å². The van der Waals surface area contributed by atoms with E-state index in [0.717, 1.165) is 23.1 Å². The molecule has 0 spiro atoms. The molecule has 1 aliphatic heterocycles. The molecule has 0 amide bonds. The topological polar surface area (TPSA) is 27.1 Å². The van der Waals surface area contributed by atoms with Crippen LogP contribution in [0.15, 0.2) is 22.8 Å². The molecule has 4 heteroatoms. The second kappa shape index (κ2) is 7.23. The number of aromatic nitrogens is 2. The van der Waals surface area contributed by atoms with E-state index >= 15 is 0 Å². The number of hydrogen-bond acceptors (Lipinski definition) is 2. The van der Waals surface area contributed by atoms with Crippen molar-refractivity contribution in [1.82, 2.24) is 9.55 Å². The average molecular weight is 339 g/mol. The SMILES string of the molecule is CCC.Cc1cc2cc(Br)cnc2n1C1CCCCO1. The molecular formula is C16H23BrN2O. The van der Waals surface area contributed by atoms with Crippen molar-refractivity contribution in [3.63, 3.8) is 0 Å². The van der Waals surface area contributed by atoms with Crippen molar-refractivity contribution < 1.29 is 4.74 Å². The maximum atomic E-state index is 5.85. The van der Waals surface area contributed by atoms with Gasteiger partial charge in [-0.05, 0) is 54.2 Å². The fourth-order valence-corrected chi connectivity index (χ4v) is 2.86. The van der Waals surface area contributed by atoms with Crippen molar-refractivity contribution in [2.24, 2.45) is 0 Å². The largest absolute Gasteiger partial charge is 0.358 e. The molecule has 0 aromatic carbocycles. The van der Waals surface area contributed by atoms with E-state index in [0.29, 0.717) is 0 Å². The molecule has 0 saturated carbocycles. The van der Waals surface area contributed by atoms with Crippen LogP contribution in [0.1, 0.15) is 51.5 Å². The molecule has 1 aliphatic rings. The number of fused-ring (bicyclic) bond motifs is 1. The van der Waals surface area contributed by atoms with Crippen LogP contribution in [-0.4, -0.2) is 16.2 Å². The van der Waals surface area contributed by atoms with Gasteiger partial charge in [-0.1, -0.05) is 20.3 Å². The maximum absolute atomic E-state index is 5.85. The van der Waals surface area contributed by atoms with Gasteiger partial charge in [-0.15, -0.1) is 0 Å². The summed E-state index contributed by atoms with van der Waals surface area (Å²) in [5.41, 5.74) is 2.25. The molecule has 2 aromatic rings. The molecule has 2 aromatic heterocycles. The average Bonchev–Trinajstić information content (AvgIpc) is 2.75. The zero-order chi connectivity index (χ0) is 14.5. The van der Waals surface area contributed by atoms with Gasteiger partial charge in [0.05, 0.1) is 0 Å². The van der Waals surface area contributed by atoms with E-state index in [1.54, 1.807) is 0 Å². The highest BCUT2D eigenvalue weighted by Gasteiger charge is 2.19. The summed E-state index contributed by atoms with van der Waals surface area (Å²) in [6.45, 7) is 7.23. The van der Waals surface area contributed by atoms with Crippen LogP contribution in [0.3, 0.4) is 0 Å². The number of aryl methyl sites for hydroxylation is 1. The van der Waals surface area contributed by atoms with Gasteiger partial charge in [-0.25, -0.2) is 4.98 Å². The number of nitrogens with zero attached hydrogens (tertiary/aromatic N) is 2.